The van der Waals surface area contributed by atoms with Gasteiger partial charge in [0.05, 0.1) is 37.2 Å². The molecule has 0 saturated carbocycles. The van der Waals surface area contributed by atoms with Crippen LogP contribution in [0, 0.1) is 0 Å². The largest absolute Gasteiger partial charge is 0.308 e. The highest BCUT2D eigenvalue weighted by atomic mass is 32.1. The van der Waals surface area contributed by atoms with E-state index in [-0.39, 0.29) is 0 Å². The Morgan fingerprint density at radius 1 is 0.275 bits per heavy atom. The lowest BCUT2D eigenvalue weighted by Crippen LogP contribution is -2.01. The molecular weight excluding hydrogens is 859 g/mol. The Balaban J connectivity index is 0.971. The van der Waals surface area contributed by atoms with Crippen LogP contribution in [0.5, 0.6) is 0 Å². The van der Waals surface area contributed by atoms with Gasteiger partial charge in [0.25, 0.3) is 0 Å². The van der Waals surface area contributed by atoms with E-state index in [4.69, 9.17) is 15.0 Å². The number of thiophene rings is 1. The summed E-state index contributed by atoms with van der Waals surface area (Å²) in [4.78, 5) is 15.4. The summed E-state index contributed by atoms with van der Waals surface area (Å²) < 4.78 is 7.49. The number of hydrogen-bond acceptors (Lipinski definition) is 4. The fourth-order valence-electron chi connectivity index (χ4n) is 10.5. The van der Waals surface area contributed by atoms with Crippen LogP contribution in [-0.4, -0.2) is 24.1 Å². The quantitative estimate of drug-likeness (QED) is 0.160. The monoisotopic (exact) mass is 897 g/mol. The molecule has 69 heavy (non-hydrogen) atoms. The van der Waals surface area contributed by atoms with Gasteiger partial charge < -0.3 is 9.13 Å². The third-order valence-electron chi connectivity index (χ3n) is 13.6. The molecule has 0 aliphatic heterocycles. The maximum Gasteiger partial charge on any atom is 0.164 e. The minimum atomic E-state index is 0.621. The Hall–Kier alpha value is -8.97. The van der Waals surface area contributed by atoms with Crippen molar-refractivity contribution in [3.63, 3.8) is 0 Å². The van der Waals surface area contributed by atoms with Crippen molar-refractivity contribution in [3.05, 3.63) is 237 Å². The summed E-state index contributed by atoms with van der Waals surface area (Å²) in [7, 11) is 0. The summed E-state index contributed by atoms with van der Waals surface area (Å²) >= 11 is 1.90. The van der Waals surface area contributed by atoms with E-state index in [0.29, 0.717) is 17.5 Å². The minimum absolute atomic E-state index is 0.621. The Morgan fingerprint density at radius 2 is 0.696 bits per heavy atom. The van der Waals surface area contributed by atoms with Crippen molar-refractivity contribution >= 4 is 75.1 Å². The van der Waals surface area contributed by atoms with Crippen molar-refractivity contribution in [2.45, 2.75) is 0 Å². The lowest BCUT2D eigenvalue weighted by Gasteiger charge is -2.14. The number of hydrogen-bond donors (Lipinski definition) is 0. The number of fused-ring (bicyclic) bond motifs is 11. The third kappa shape index (κ3) is 6.27. The van der Waals surface area contributed by atoms with Gasteiger partial charge in [-0.1, -0.05) is 194 Å². The molecule has 0 saturated heterocycles. The van der Waals surface area contributed by atoms with Crippen molar-refractivity contribution < 1.29 is 0 Å². The third-order valence-corrected chi connectivity index (χ3v) is 14.8. The lowest BCUT2D eigenvalue weighted by molar-refractivity contribution is 1.07. The molecule has 0 N–H and O–H groups in total. The van der Waals surface area contributed by atoms with E-state index >= 15 is 0 Å². The molecule has 10 aromatic carbocycles. The van der Waals surface area contributed by atoms with Gasteiger partial charge in [-0.2, -0.15) is 0 Å². The van der Waals surface area contributed by atoms with Crippen molar-refractivity contribution in [2.75, 3.05) is 0 Å². The van der Waals surface area contributed by atoms with E-state index in [1.165, 1.54) is 75.1 Å². The second-order valence-electron chi connectivity index (χ2n) is 17.5. The van der Waals surface area contributed by atoms with Gasteiger partial charge in [0.15, 0.2) is 17.5 Å². The van der Waals surface area contributed by atoms with Gasteiger partial charge in [-0.05, 0) is 59.2 Å². The topological polar surface area (TPSA) is 48.5 Å². The van der Waals surface area contributed by atoms with Gasteiger partial charge >= 0.3 is 0 Å². The van der Waals surface area contributed by atoms with Crippen LogP contribution in [0.4, 0.5) is 0 Å². The second-order valence-corrected chi connectivity index (χ2v) is 18.5. The van der Waals surface area contributed by atoms with Crippen LogP contribution in [0.25, 0.3) is 132 Å². The summed E-state index contributed by atoms with van der Waals surface area (Å²) in [5.74, 6) is 1.89. The van der Waals surface area contributed by atoms with Crippen molar-refractivity contribution in [2.24, 2.45) is 0 Å². The predicted molar refractivity (Wildman–Crippen MR) is 289 cm³/mol. The van der Waals surface area contributed by atoms with Crippen LogP contribution in [0.1, 0.15) is 0 Å². The summed E-state index contributed by atoms with van der Waals surface area (Å²) in [5.41, 5.74) is 14.4. The summed E-state index contributed by atoms with van der Waals surface area (Å²) in [6, 6.07) is 84.3. The van der Waals surface area contributed by atoms with Gasteiger partial charge in [-0.25, -0.2) is 15.0 Å². The lowest BCUT2D eigenvalue weighted by atomic mass is 9.99. The molecule has 4 heterocycles. The highest BCUT2D eigenvalue weighted by molar-refractivity contribution is 7.27. The van der Waals surface area contributed by atoms with Gasteiger partial charge in [-0.3, -0.25) is 0 Å². The second kappa shape index (κ2) is 15.8. The molecule has 322 valence electrons. The molecule has 0 bridgehead atoms. The number of para-hydroxylation sites is 3. The molecule has 14 aromatic rings. The summed E-state index contributed by atoms with van der Waals surface area (Å²) in [5, 5.41) is 7.45. The molecule has 0 aliphatic carbocycles. The maximum absolute atomic E-state index is 5.21. The minimum Gasteiger partial charge on any atom is -0.308 e. The molecule has 0 atom stereocenters. The summed E-state index contributed by atoms with van der Waals surface area (Å²) in [6.45, 7) is 0. The van der Waals surface area contributed by atoms with Gasteiger partial charge in [0, 0.05) is 60.3 Å². The Kier molecular flexibility index (Phi) is 9.00. The molecule has 0 fully saturated rings. The van der Waals surface area contributed by atoms with Gasteiger partial charge in [0.1, 0.15) is 0 Å². The maximum atomic E-state index is 5.21. The normalized spacial score (nSPS) is 11.8. The molecule has 6 heteroatoms. The number of benzene rings is 10. The zero-order valence-corrected chi connectivity index (χ0v) is 38.0. The first-order valence-electron chi connectivity index (χ1n) is 23.3. The zero-order chi connectivity index (χ0) is 45.4. The number of aromatic nitrogens is 5. The first-order valence-corrected chi connectivity index (χ1v) is 24.1. The highest BCUT2D eigenvalue weighted by Gasteiger charge is 2.23. The van der Waals surface area contributed by atoms with Crippen molar-refractivity contribution in [3.8, 4) is 67.8 Å². The Bertz CT molecular complexity index is 4280. The van der Waals surface area contributed by atoms with Crippen LogP contribution in [0.15, 0.2) is 237 Å². The number of nitrogens with zero attached hydrogens (tertiary/aromatic N) is 5. The average molecular weight is 898 g/mol. The fourth-order valence-corrected chi connectivity index (χ4v) is 11.9. The first-order chi connectivity index (χ1) is 34.2. The van der Waals surface area contributed by atoms with E-state index in [0.717, 1.165) is 39.0 Å². The SMILES string of the molecule is c1ccc(-c2nc(-c3ccc(-n4c5ccccc5c5ccc6c7ccc8c9ccccc9n(-c9ccccc9-c9ccccc9)c8c7sc6c54)cc3)nc(-c3ccccc3-c3ccccc3)n2)cc1. The molecule has 4 aromatic heterocycles. The molecule has 0 amide bonds. The van der Waals surface area contributed by atoms with E-state index < -0.39 is 0 Å². The molecule has 0 aliphatic rings. The van der Waals surface area contributed by atoms with Crippen LogP contribution in [0.3, 0.4) is 0 Å². The van der Waals surface area contributed by atoms with Crippen LogP contribution < -0.4 is 0 Å². The molecule has 0 unspecified atom stereocenters. The van der Waals surface area contributed by atoms with E-state index in [1.807, 2.05) is 35.6 Å². The zero-order valence-electron chi connectivity index (χ0n) is 37.2. The molecular formula is C63H39N5S. The summed E-state index contributed by atoms with van der Waals surface area (Å²) in [6.07, 6.45) is 0. The van der Waals surface area contributed by atoms with Crippen LogP contribution >= 0.6 is 11.3 Å². The van der Waals surface area contributed by atoms with Crippen molar-refractivity contribution in [1.29, 1.82) is 0 Å². The van der Waals surface area contributed by atoms with E-state index in [1.54, 1.807) is 0 Å². The van der Waals surface area contributed by atoms with Crippen molar-refractivity contribution in [1.82, 2.24) is 24.1 Å². The fraction of sp³-hybridized carbons (Fsp3) is 0. The van der Waals surface area contributed by atoms with Gasteiger partial charge in [0.2, 0.25) is 0 Å². The average Bonchev–Trinajstić information content (AvgIpc) is 4.10. The smallest absolute Gasteiger partial charge is 0.164 e. The van der Waals surface area contributed by atoms with E-state index in [2.05, 4.69) is 221 Å². The van der Waals surface area contributed by atoms with Gasteiger partial charge in [-0.15, -0.1) is 11.3 Å². The molecule has 0 spiro atoms. The van der Waals surface area contributed by atoms with Crippen LogP contribution in [-0.2, 0) is 0 Å². The molecule has 5 nitrogen and oxygen atoms in total. The number of rotatable bonds is 7. The molecule has 0 radical (unpaired) electrons. The Labute approximate surface area is 401 Å². The first kappa shape index (κ1) is 39.2. The predicted octanol–water partition coefficient (Wildman–Crippen LogP) is 16.8. The molecule has 14 rings (SSSR count). The highest BCUT2D eigenvalue weighted by Crippen LogP contribution is 2.48. The van der Waals surface area contributed by atoms with E-state index in [9.17, 15) is 0 Å². The standard InChI is InChI=1S/C63H39N5S/c1-4-18-40(19-5-1)45-24-10-11-28-53(45)63-65-61(42-22-8-3-9-23-42)64-62(66-63)43-32-34-44(35-33-43)67-55-30-16-13-26-47(55)49-36-38-51-52-39-37-50-48-27-14-17-31-56(48)68(58(50)60(52)69-59(51)57(49)67)54-29-15-12-25-46(54)41-20-6-2-7-21-41/h1-39H. The Morgan fingerprint density at radius 3 is 1.30 bits per heavy atom. The van der Waals surface area contributed by atoms with Crippen LogP contribution in [0.2, 0.25) is 0 Å².